The zero-order valence-corrected chi connectivity index (χ0v) is 21.4. The van der Waals surface area contributed by atoms with Crippen molar-refractivity contribution in [2.24, 2.45) is 0 Å². The maximum absolute atomic E-state index is 12.9. The van der Waals surface area contributed by atoms with E-state index in [1.54, 1.807) is 49.5 Å². The number of nitrogens with one attached hydrogen (secondary N) is 1. The molecule has 4 aromatic rings. The van der Waals surface area contributed by atoms with E-state index in [2.05, 4.69) is 10.4 Å². The number of nitrogens with zero attached hydrogens (tertiary/aromatic N) is 3. The lowest BCUT2D eigenvalue weighted by atomic mass is 10.2. The van der Waals surface area contributed by atoms with Crippen LogP contribution in [-0.4, -0.2) is 34.8 Å². The van der Waals surface area contributed by atoms with Crippen LogP contribution in [0.25, 0.3) is 0 Å². The van der Waals surface area contributed by atoms with Gasteiger partial charge >= 0.3 is 0 Å². The zero-order valence-electron chi connectivity index (χ0n) is 20.6. The van der Waals surface area contributed by atoms with Crippen molar-refractivity contribution >= 4 is 28.9 Å². The molecule has 38 heavy (non-hydrogen) atoms. The van der Waals surface area contributed by atoms with Gasteiger partial charge in [0.1, 0.15) is 11.5 Å². The number of ether oxygens (including phenoxy) is 4. The Hall–Kier alpha value is -4.77. The fourth-order valence-corrected chi connectivity index (χ4v) is 3.74. The van der Waals surface area contributed by atoms with Crippen molar-refractivity contribution in [2.75, 3.05) is 19.5 Å². The summed E-state index contributed by atoms with van der Waals surface area (Å²) in [5, 5.41) is 18.9. The Morgan fingerprint density at radius 2 is 1.79 bits per heavy atom. The molecule has 0 unspecified atom stereocenters. The molecule has 1 amide bonds. The smallest absolute Gasteiger partial charge is 0.276 e. The number of carbonyl (C=O) groups is 1. The topological polar surface area (TPSA) is 127 Å². The molecular weight excluding hydrogens is 516 g/mol. The summed E-state index contributed by atoms with van der Waals surface area (Å²) in [4.78, 5) is 23.8. The molecule has 1 N–H and O–H groups in total. The van der Waals surface area contributed by atoms with E-state index >= 15 is 0 Å². The lowest BCUT2D eigenvalue weighted by Gasteiger charge is -2.13. The quantitative estimate of drug-likeness (QED) is 0.197. The van der Waals surface area contributed by atoms with Crippen molar-refractivity contribution in [3.8, 4) is 28.7 Å². The van der Waals surface area contributed by atoms with E-state index in [-0.39, 0.29) is 29.5 Å². The van der Waals surface area contributed by atoms with Gasteiger partial charge in [-0.1, -0.05) is 17.7 Å². The lowest BCUT2D eigenvalue weighted by molar-refractivity contribution is -0.384. The Bertz CT molecular complexity index is 1470. The van der Waals surface area contributed by atoms with Crippen LogP contribution in [0.3, 0.4) is 0 Å². The molecule has 0 aliphatic heterocycles. The number of aryl methyl sites for hydroxylation is 1. The fraction of sp³-hybridized carbons (Fsp3) is 0.154. The van der Waals surface area contributed by atoms with Gasteiger partial charge in [-0.15, -0.1) is 0 Å². The number of para-hydroxylation sites is 1. The van der Waals surface area contributed by atoms with Gasteiger partial charge < -0.3 is 24.3 Å². The number of hydrogen-bond acceptors (Lipinski definition) is 8. The third-order valence-electron chi connectivity index (χ3n) is 5.32. The first-order chi connectivity index (χ1) is 18.3. The number of benzene rings is 3. The molecule has 12 heteroatoms. The average Bonchev–Trinajstić information content (AvgIpc) is 3.38. The normalized spacial score (nSPS) is 10.5. The lowest BCUT2D eigenvalue weighted by Crippen LogP contribution is -2.14. The number of hydrogen-bond donors (Lipinski definition) is 1. The second-order valence-corrected chi connectivity index (χ2v) is 8.38. The van der Waals surface area contributed by atoms with Crippen LogP contribution in [0.1, 0.15) is 16.1 Å². The highest BCUT2D eigenvalue weighted by atomic mass is 35.5. The minimum Gasteiger partial charge on any atom is -0.493 e. The maximum Gasteiger partial charge on any atom is 0.276 e. The molecule has 196 valence electrons. The van der Waals surface area contributed by atoms with Gasteiger partial charge in [-0.05, 0) is 48.9 Å². The van der Waals surface area contributed by atoms with Crippen molar-refractivity contribution in [1.29, 1.82) is 0 Å². The van der Waals surface area contributed by atoms with Crippen LogP contribution >= 0.6 is 11.6 Å². The molecule has 11 nitrogen and oxygen atoms in total. The predicted octanol–water partition coefficient (Wildman–Crippen LogP) is 5.85. The molecule has 0 spiro atoms. The van der Waals surface area contributed by atoms with Gasteiger partial charge in [-0.2, -0.15) is 5.10 Å². The van der Waals surface area contributed by atoms with Gasteiger partial charge in [0, 0.05) is 23.4 Å². The summed E-state index contributed by atoms with van der Waals surface area (Å²) in [5.41, 5.74) is 0.723. The molecule has 3 aromatic carbocycles. The van der Waals surface area contributed by atoms with Crippen LogP contribution in [0.4, 0.5) is 11.4 Å². The van der Waals surface area contributed by atoms with Gasteiger partial charge in [0.05, 0.1) is 30.9 Å². The fourth-order valence-electron chi connectivity index (χ4n) is 3.51. The molecule has 1 aromatic heterocycles. The molecule has 4 rings (SSSR count). The van der Waals surface area contributed by atoms with Crippen molar-refractivity contribution < 1.29 is 28.7 Å². The van der Waals surface area contributed by atoms with Gasteiger partial charge in [-0.25, -0.2) is 4.68 Å². The Kier molecular flexibility index (Phi) is 7.97. The van der Waals surface area contributed by atoms with Gasteiger partial charge in [0.2, 0.25) is 5.75 Å². The first kappa shape index (κ1) is 26.3. The van der Waals surface area contributed by atoms with Gasteiger partial charge in [0.25, 0.3) is 11.6 Å². The summed E-state index contributed by atoms with van der Waals surface area (Å²) in [6.45, 7) is 1.77. The maximum atomic E-state index is 12.9. The molecule has 0 atom stereocenters. The van der Waals surface area contributed by atoms with E-state index in [4.69, 9.17) is 30.5 Å². The SMILES string of the molecule is COc1cccc(OC)c1OCn1ccc(C(=O)Nc2cc(Oc3ccc(Cl)cc3C)cc([N+](=O)[O-])c2)n1. The number of halogens is 1. The number of nitro benzene ring substituents is 1. The molecule has 0 fully saturated rings. The van der Waals surface area contributed by atoms with E-state index < -0.39 is 10.8 Å². The Morgan fingerprint density at radius 1 is 1.05 bits per heavy atom. The Balaban J connectivity index is 1.49. The first-order valence-corrected chi connectivity index (χ1v) is 11.6. The molecular formula is C26H23ClN4O7. The van der Waals surface area contributed by atoms with E-state index in [1.165, 1.54) is 43.2 Å². The largest absolute Gasteiger partial charge is 0.493 e. The van der Waals surface area contributed by atoms with E-state index in [0.29, 0.717) is 28.0 Å². The van der Waals surface area contributed by atoms with Crippen LogP contribution in [0.2, 0.25) is 5.02 Å². The highest BCUT2D eigenvalue weighted by Crippen LogP contribution is 2.37. The average molecular weight is 539 g/mol. The monoisotopic (exact) mass is 538 g/mol. The third-order valence-corrected chi connectivity index (χ3v) is 5.56. The number of amides is 1. The second-order valence-electron chi connectivity index (χ2n) is 7.94. The highest BCUT2D eigenvalue weighted by molar-refractivity contribution is 6.30. The summed E-state index contributed by atoms with van der Waals surface area (Å²) in [7, 11) is 3.03. The van der Waals surface area contributed by atoms with Crippen molar-refractivity contribution in [1.82, 2.24) is 9.78 Å². The minimum atomic E-state index is -0.576. The summed E-state index contributed by atoms with van der Waals surface area (Å²) < 4.78 is 23.7. The van der Waals surface area contributed by atoms with Crippen molar-refractivity contribution in [3.05, 3.63) is 93.3 Å². The summed E-state index contributed by atoms with van der Waals surface area (Å²) >= 11 is 5.99. The second kappa shape index (κ2) is 11.5. The van der Waals surface area contributed by atoms with Crippen molar-refractivity contribution in [3.63, 3.8) is 0 Å². The number of aromatic nitrogens is 2. The van der Waals surface area contributed by atoms with E-state index in [1.807, 2.05) is 0 Å². The number of anilines is 1. The van der Waals surface area contributed by atoms with Crippen molar-refractivity contribution in [2.45, 2.75) is 13.7 Å². The number of rotatable bonds is 10. The van der Waals surface area contributed by atoms with Gasteiger partial charge in [-0.3, -0.25) is 14.9 Å². The molecule has 0 aliphatic rings. The summed E-state index contributed by atoms with van der Waals surface area (Å²) in [6.07, 6.45) is 1.56. The van der Waals surface area contributed by atoms with Crippen LogP contribution in [0, 0.1) is 17.0 Å². The molecule has 0 bridgehead atoms. The highest BCUT2D eigenvalue weighted by Gasteiger charge is 2.17. The molecule has 0 saturated heterocycles. The molecule has 1 heterocycles. The van der Waals surface area contributed by atoms with Crippen LogP contribution < -0.4 is 24.3 Å². The van der Waals surface area contributed by atoms with Crippen LogP contribution in [0.5, 0.6) is 28.7 Å². The Labute approximate surface area is 222 Å². The number of methoxy groups -OCH3 is 2. The molecule has 0 aliphatic carbocycles. The third kappa shape index (κ3) is 6.13. The number of non-ortho nitro benzene ring substituents is 1. The number of nitro groups is 1. The van der Waals surface area contributed by atoms with E-state index in [9.17, 15) is 14.9 Å². The van der Waals surface area contributed by atoms with Gasteiger partial charge in [0.15, 0.2) is 23.9 Å². The first-order valence-electron chi connectivity index (χ1n) is 11.2. The number of carbonyl (C=O) groups excluding carboxylic acids is 1. The zero-order chi connectivity index (χ0) is 27.2. The molecule has 0 radical (unpaired) electrons. The predicted molar refractivity (Wildman–Crippen MR) is 140 cm³/mol. The van der Waals surface area contributed by atoms with E-state index in [0.717, 1.165) is 5.56 Å². The minimum absolute atomic E-state index is 0.0285. The summed E-state index contributed by atoms with van der Waals surface area (Å²) in [6, 6.07) is 15.7. The van der Waals surface area contributed by atoms with Crippen LogP contribution in [-0.2, 0) is 6.73 Å². The Morgan fingerprint density at radius 3 is 2.45 bits per heavy atom. The standard InChI is InChI=1S/C26H23ClN4O7/c1-16-11-17(27)7-8-22(16)38-20-13-18(12-19(14-20)31(33)34)28-26(32)21-9-10-30(29-21)15-37-25-23(35-2)5-4-6-24(25)36-3/h4-14H,15H2,1-3H3,(H,28,32). The van der Waals surface area contributed by atoms with Crippen LogP contribution in [0.15, 0.2) is 66.9 Å². The summed E-state index contributed by atoms with van der Waals surface area (Å²) in [5.74, 6) is 1.41. The molecule has 0 saturated carbocycles.